The van der Waals surface area contributed by atoms with Crippen LogP contribution in [-0.2, 0) is 0 Å². The molecule has 0 aliphatic rings. The molecule has 0 saturated carbocycles. The molecule has 0 aromatic heterocycles. The van der Waals surface area contributed by atoms with Gasteiger partial charge in [0.25, 0.3) is 0 Å². The van der Waals surface area contributed by atoms with Crippen molar-refractivity contribution < 1.29 is 0 Å². The number of rotatable bonds is 2. The fraction of sp³-hybridized carbons (Fsp3) is 0.222. The van der Waals surface area contributed by atoms with Gasteiger partial charge in [-0.3, -0.25) is 0 Å². The predicted molar refractivity (Wildman–Crippen MR) is 80.8 cm³/mol. The molecule has 0 heteroatoms. The van der Waals surface area contributed by atoms with Crippen LogP contribution in [0.2, 0.25) is 0 Å². The van der Waals surface area contributed by atoms with Gasteiger partial charge in [-0.15, -0.1) is 0 Å². The molecule has 0 saturated heterocycles. The molecule has 0 N–H and O–H groups in total. The van der Waals surface area contributed by atoms with Gasteiger partial charge >= 0.3 is 0 Å². The van der Waals surface area contributed by atoms with Crippen LogP contribution in [0.5, 0.6) is 0 Å². The number of hydrogen-bond acceptors (Lipinski definition) is 0. The zero-order valence-corrected chi connectivity index (χ0v) is 11.6. The Balaban J connectivity index is 2.27. The maximum absolute atomic E-state index is 2.23. The lowest BCUT2D eigenvalue weighted by Gasteiger charge is -2.03. The molecule has 92 valence electrons. The summed E-state index contributed by atoms with van der Waals surface area (Å²) in [4.78, 5) is 0. The highest BCUT2D eigenvalue weighted by Gasteiger charge is 1.96. The van der Waals surface area contributed by atoms with E-state index < -0.39 is 0 Å². The first-order chi connectivity index (χ1) is 8.56. The number of benzene rings is 2. The first-order valence-electron chi connectivity index (χ1n) is 6.39. The van der Waals surface area contributed by atoms with Gasteiger partial charge in [0.05, 0.1) is 0 Å². The smallest absolute Gasteiger partial charge is 0.0227 e. The average Bonchev–Trinajstić information content (AvgIpc) is 2.32. The van der Waals surface area contributed by atoms with Crippen LogP contribution < -0.4 is 0 Å². The fourth-order valence-electron chi connectivity index (χ4n) is 2.07. The van der Waals surface area contributed by atoms with Crippen molar-refractivity contribution in [2.45, 2.75) is 27.7 Å². The quantitative estimate of drug-likeness (QED) is 0.637. The molecule has 0 radical (unpaired) electrons. The molecule has 0 bridgehead atoms. The molecule has 0 heterocycles. The molecule has 0 nitrogen and oxygen atoms in total. The zero-order chi connectivity index (χ0) is 13.1. The Morgan fingerprint density at radius 2 is 1.44 bits per heavy atom. The van der Waals surface area contributed by atoms with E-state index in [-0.39, 0.29) is 0 Å². The van der Waals surface area contributed by atoms with E-state index in [4.69, 9.17) is 0 Å². The minimum absolute atomic E-state index is 1.26. The van der Waals surface area contributed by atoms with Gasteiger partial charge in [-0.2, -0.15) is 0 Å². The summed E-state index contributed by atoms with van der Waals surface area (Å²) in [5, 5.41) is 0. The van der Waals surface area contributed by atoms with Crippen LogP contribution in [0.15, 0.2) is 36.4 Å². The summed E-state index contributed by atoms with van der Waals surface area (Å²) in [5.41, 5.74) is 7.89. The third kappa shape index (κ3) is 2.89. The van der Waals surface area contributed by atoms with E-state index in [0.29, 0.717) is 0 Å². The minimum atomic E-state index is 1.26. The maximum Gasteiger partial charge on any atom is -0.0227 e. The van der Waals surface area contributed by atoms with Gasteiger partial charge in [0.15, 0.2) is 0 Å². The Morgan fingerprint density at radius 1 is 0.667 bits per heavy atom. The summed E-state index contributed by atoms with van der Waals surface area (Å²) in [6, 6.07) is 13.1. The van der Waals surface area contributed by atoms with E-state index in [9.17, 15) is 0 Å². The summed E-state index contributed by atoms with van der Waals surface area (Å²) >= 11 is 0. The maximum atomic E-state index is 2.23. The van der Waals surface area contributed by atoms with Crippen molar-refractivity contribution in [3.05, 3.63) is 69.8 Å². The third-order valence-electron chi connectivity index (χ3n) is 3.41. The molecule has 0 amide bonds. The molecule has 2 aromatic rings. The van der Waals surface area contributed by atoms with E-state index in [1.54, 1.807) is 0 Å². The van der Waals surface area contributed by atoms with E-state index in [1.165, 1.54) is 33.4 Å². The van der Waals surface area contributed by atoms with Crippen LogP contribution in [0.3, 0.4) is 0 Å². The monoisotopic (exact) mass is 236 g/mol. The number of hydrogen-bond donors (Lipinski definition) is 0. The molecule has 2 rings (SSSR count). The van der Waals surface area contributed by atoms with E-state index in [1.807, 2.05) is 0 Å². The number of aryl methyl sites for hydroxylation is 4. The Labute approximate surface area is 110 Å². The van der Waals surface area contributed by atoms with Crippen molar-refractivity contribution in [2.75, 3.05) is 0 Å². The topological polar surface area (TPSA) is 0 Å². The van der Waals surface area contributed by atoms with E-state index >= 15 is 0 Å². The van der Waals surface area contributed by atoms with Crippen molar-refractivity contribution in [3.8, 4) is 0 Å². The lowest BCUT2D eigenvalue weighted by molar-refractivity contribution is 1.33. The Bertz CT molecular complexity index is 589. The van der Waals surface area contributed by atoms with Crippen molar-refractivity contribution in [2.24, 2.45) is 0 Å². The first kappa shape index (κ1) is 12.6. The largest absolute Gasteiger partial charge is 0.0587 e. The first-order valence-corrected chi connectivity index (χ1v) is 6.39. The van der Waals surface area contributed by atoms with Gasteiger partial charge in [-0.1, -0.05) is 54.1 Å². The predicted octanol–water partition coefficient (Wildman–Crippen LogP) is 5.09. The summed E-state index contributed by atoms with van der Waals surface area (Å²) in [7, 11) is 0. The molecule has 0 unspecified atom stereocenters. The molecule has 18 heavy (non-hydrogen) atoms. The standard InChI is InChI=1S/C18H20/c1-13-5-9-18(16(4)11-13)10-8-17-7-6-14(2)15(3)12-17/h5-12H,1-4H3. The Hall–Kier alpha value is -1.82. The van der Waals surface area contributed by atoms with Gasteiger partial charge in [0.2, 0.25) is 0 Å². The van der Waals surface area contributed by atoms with Crippen molar-refractivity contribution in [3.63, 3.8) is 0 Å². The van der Waals surface area contributed by atoms with Gasteiger partial charge in [0.1, 0.15) is 0 Å². The van der Waals surface area contributed by atoms with Gasteiger partial charge in [-0.25, -0.2) is 0 Å². The van der Waals surface area contributed by atoms with E-state index in [2.05, 4.69) is 76.2 Å². The van der Waals surface area contributed by atoms with Crippen molar-refractivity contribution in [1.82, 2.24) is 0 Å². The third-order valence-corrected chi connectivity index (χ3v) is 3.41. The lowest BCUT2D eigenvalue weighted by Crippen LogP contribution is -1.83. The zero-order valence-electron chi connectivity index (χ0n) is 11.6. The second-order valence-corrected chi connectivity index (χ2v) is 5.04. The highest BCUT2D eigenvalue weighted by atomic mass is 14.0. The Morgan fingerprint density at radius 3 is 2.11 bits per heavy atom. The Kier molecular flexibility index (Phi) is 3.66. The molecule has 0 atom stereocenters. The van der Waals surface area contributed by atoms with Crippen LogP contribution >= 0.6 is 0 Å². The van der Waals surface area contributed by atoms with Crippen LogP contribution in [0.4, 0.5) is 0 Å². The summed E-state index contributed by atoms with van der Waals surface area (Å²) in [6.45, 7) is 8.59. The SMILES string of the molecule is Cc1ccc(C=Cc2ccc(C)c(C)c2)c(C)c1. The van der Waals surface area contributed by atoms with Crippen LogP contribution in [0, 0.1) is 27.7 Å². The minimum Gasteiger partial charge on any atom is -0.0587 e. The van der Waals surface area contributed by atoms with E-state index in [0.717, 1.165) is 0 Å². The van der Waals surface area contributed by atoms with Crippen LogP contribution in [-0.4, -0.2) is 0 Å². The average molecular weight is 236 g/mol. The molecular weight excluding hydrogens is 216 g/mol. The molecule has 0 spiro atoms. The second kappa shape index (κ2) is 5.22. The lowest BCUT2D eigenvalue weighted by atomic mass is 10.0. The summed E-state index contributed by atoms with van der Waals surface area (Å²) in [5.74, 6) is 0. The van der Waals surface area contributed by atoms with Crippen molar-refractivity contribution >= 4 is 12.2 Å². The molecule has 0 aliphatic heterocycles. The van der Waals surface area contributed by atoms with Gasteiger partial charge < -0.3 is 0 Å². The molecule has 2 aromatic carbocycles. The highest BCUT2D eigenvalue weighted by Crippen LogP contribution is 2.16. The summed E-state index contributed by atoms with van der Waals surface area (Å²) in [6.07, 6.45) is 4.38. The summed E-state index contributed by atoms with van der Waals surface area (Å²) < 4.78 is 0. The normalized spacial score (nSPS) is 11.1. The molecular formula is C18H20. The molecule has 0 aliphatic carbocycles. The van der Waals surface area contributed by atoms with Crippen LogP contribution in [0.1, 0.15) is 33.4 Å². The molecule has 0 fully saturated rings. The highest BCUT2D eigenvalue weighted by molar-refractivity contribution is 5.71. The van der Waals surface area contributed by atoms with Gasteiger partial charge in [0, 0.05) is 0 Å². The van der Waals surface area contributed by atoms with Crippen molar-refractivity contribution in [1.29, 1.82) is 0 Å². The van der Waals surface area contributed by atoms with Crippen LogP contribution in [0.25, 0.3) is 12.2 Å². The van der Waals surface area contributed by atoms with Gasteiger partial charge in [-0.05, 0) is 55.5 Å². The fourth-order valence-corrected chi connectivity index (χ4v) is 2.07. The second-order valence-electron chi connectivity index (χ2n) is 5.04.